The molecule has 0 heterocycles. The van der Waals surface area contributed by atoms with Gasteiger partial charge >= 0.3 is 30.6 Å². The summed E-state index contributed by atoms with van der Waals surface area (Å²) < 4.78 is 43.1. The standard InChI is InChI=1S/C29H28O16/c1-6-19(18(15-24(30)31)17-9-11-21(43-27(34)38-3)23(14-17)45-29(36)40-5)41-25(32)12-8-16-7-10-20(42-26(33)37-2)22(13-16)44-28(35)39-4/h7-15,19H,6H2,1-5H3,(H,30,31)/p-1/b12-8+,18-15+. The van der Waals surface area contributed by atoms with Crippen LogP contribution in [0, 0.1) is 0 Å². The number of carboxylic acid groups (broad SMARTS) is 1. The summed E-state index contributed by atoms with van der Waals surface area (Å²) in [6.45, 7) is 1.60. The van der Waals surface area contributed by atoms with Crippen LogP contribution in [0.25, 0.3) is 11.6 Å². The van der Waals surface area contributed by atoms with Gasteiger partial charge in [0.25, 0.3) is 0 Å². The average molecular weight is 632 g/mol. The molecular formula is C29H27O16-. The molecule has 1 unspecified atom stereocenters. The fourth-order valence-electron chi connectivity index (χ4n) is 3.37. The quantitative estimate of drug-likeness (QED) is 0.150. The zero-order valence-electron chi connectivity index (χ0n) is 24.5. The highest BCUT2D eigenvalue weighted by Gasteiger charge is 2.22. The van der Waals surface area contributed by atoms with E-state index in [0.717, 1.165) is 40.6 Å². The Morgan fingerprint density at radius 2 is 1.16 bits per heavy atom. The van der Waals surface area contributed by atoms with Crippen LogP contribution >= 0.6 is 0 Å². The van der Waals surface area contributed by atoms with E-state index >= 15 is 0 Å². The highest BCUT2D eigenvalue weighted by atomic mass is 16.8. The number of ether oxygens (including phenoxy) is 9. The van der Waals surface area contributed by atoms with Gasteiger partial charge in [0.05, 0.1) is 34.4 Å². The number of carbonyl (C=O) groups is 6. The molecule has 240 valence electrons. The third-order valence-electron chi connectivity index (χ3n) is 5.35. The Hall–Kier alpha value is -6.06. The zero-order valence-corrected chi connectivity index (χ0v) is 24.5. The van der Waals surface area contributed by atoms with Crippen LogP contribution in [0.15, 0.2) is 48.6 Å². The molecule has 0 radical (unpaired) electrons. The van der Waals surface area contributed by atoms with Crippen molar-refractivity contribution in [3.05, 3.63) is 59.7 Å². The van der Waals surface area contributed by atoms with E-state index in [1.807, 2.05) is 0 Å². The van der Waals surface area contributed by atoms with Gasteiger partial charge in [-0.15, -0.1) is 0 Å². The van der Waals surface area contributed by atoms with Crippen LogP contribution in [0.5, 0.6) is 23.0 Å². The number of hydrogen-bond donors (Lipinski definition) is 0. The summed E-state index contributed by atoms with van der Waals surface area (Å²) in [7, 11) is 4.23. The highest BCUT2D eigenvalue weighted by Crippen LogP contribution is 2.34. The van der Waals surface area contributed by atoms with Crippen molar-refractivity contribution in [2.45, 2.75) is 19.4 Å². The van der Waals surface area contributed by atoms with Crippen molar-refractivity contribution in [1.29, 1.82) is 0 Å². The molecule has 2 aromatic rings. The molecule has 45 heavy (non-hydrogen) atoms. The average Bonchev–Trinajstić information content (AvgIpc) is 3.02. The third-order valence-corrected chi connectivity index (χ3v) is 5.35. The molecule has 0 aliphatic heterocycles. The SMILES string of the molecule is CCC(OC(=O)/C=C/c1ccc(OC(=O)OC)c(OC(=O)OC)c1)/C(=C/C(=O)[O-])c1ccc(OC(=O)OC)c(OC(=O)OC)c1. The molecule has 0 spiro atoms. The van der Waals surface area contributed by atoms with Crippen molar-refractivity contribution < 1.29 is 76.5 Å². The van der Waals surface area contributed by atoms with Gasteiger partial charge in [0.15, 0.2) is 23.0 Å². The van der Waals surface area contributed by atoms with Crippen LogP contribution in [-0.2, 0) is 33.3 Å². The molecule has 0 aliphatic rings. The van der Waals surface area contributed by atoms with Crippen LogP contribution in [0.3, 0.4) is 0 Å². The highest BCUT2D eigenvalue weighted by molar-refractivity contribution is 5.92. The van der Waals surface area contributed by atoms with E-state index in [-0.39, 0.29) is 46.1 Å². The maximum atomic E-state index is 12.8. The van der Waals surface area contributed by atoms with E-state index in [4.69, 9.17) is 23.7 Å². The van der Waals surface area contributed by atoms with Crippen molar-refractivity contribution in [2.75, 3.05) is 28.4 Å². The number of aliphatic carboxylic acids is 1. The summed E-state index contributed by atoms with van der Waals surface area (Å²) in [5.41, 5.74) is 0.300. The second-order valence-corrected chi connectivity index (χ2v) is 8.18. The number of carboxylic acids is 1. The lowest BCUT2D eigenvalue weighted by atomic mass is 9.97. The predicted octanol–water partition coefficient (Wildman–Crippen LogP) is 3.44. The van der Waals surface area contributed by atoms with Crippen molar-refractivity contribution in [1.82, 2.24) is 0 Å². The Morgan fingerprint density at radius 1 is 0.689 bits per heavy atom. The topological polar surface area (TPSA) is 209 Å². The molecule has 16 heteroatoms. The lowest BCUT2D eigenvalue weighted by Gasteiger charge is -2.21. The Kier molecular flexibility index (Phi) is 13.4. The first kappa shape index (κ1) is 35.1. The fourth-order valence-corrected chi connectivity index (χ4v) is 3.37. The molecule has 0 saturated heterocycles. The number of rotatable bonds is 11. The molecule has 1 atom stereocenters. The number of hydrogen-bond acceptors (Lipinski definition) is 16. The normalized spacial score (nSPS) is 11.4. The molecule has 0 fully saturated rings. The molecular weight excluding hydrogens is 604 g/mol. The van der Waals surface area contributed by atoms with Gasteiger partial charge in [-0.2, -0.15) is 0 Å². The van der Waals surface area contributed by atoms with Gasteiger partial charge in [0.2, 0.25) is 0 Å². The maximum Gasteiger partial charge on any atom is 0.513 e. The first-order valence-corrected chi connectivity index (χ1v) is 12.6. The monoisotopic (exact) mass is 631 g/mol. The summed E-state index contributed by atoms with van der Waals surface area (Å²) in [5.74, 6) is -3.59. The van der Waals surface area contributed by atoms with Gasteiger partial charge in [-0.25, -0.2) is 24.0 Å². The predicted molar refractivity (Wildman–Crippen MR) is 147 cm³/mol. The van der Waals surface area contributed by atoms with Gasteiger partial charge < -0.3 is 52.5 Å². The van der Waals surface area contributed by atoms with Crippen molar-refractivity contribution in [3.63, 3.8) is 0 Å². The van der Waals surface area contributed by atoms with E-state index in [9.17, 15) is 33.9 Å². The molecule has 0 N–H and O–H groups in total. The summed E-state index contributed by atoms with van der Waals surface area (Å²) >= 11 is 0. The summed E-state index contributed by atoms with van der Waals surface area (Å²) in [6, 6.07) is 7.56. The summed E-state index contributed by atoms with van der Waals surface area (Å²) in [6.07, 6.45) is -2.67. The summed E-state index contributed by atoms with van der Waals surface area (Å²) in [4.78, 5) is 70.9. The molecule has 0 amide bonds. The zero-order chi connectivity index (χ0) is 33.5. The molecule has 2 aromatic carbocycles. The lowest BCUT2D eigenvalue weighted by Crippen LogP contribution is -2.24. The Labute approximate surface area is 255 Å². The molecule has 0 saturated carbocycles. The largest absolute Gasteiger partial charge is 0.545 e. The Bertz CT molecular complexity index is 1490. The van der Waals surface area contributed by atoms with Gasteiger partial charge in [-0.1, -0.05) is 19.1 Å². The fraction of sp³-hybridized carbons (Fsp3) is 0.241. The first-order valence-electron chi connectivity index (χ1n) is 12.6. The minimum Gasteiger partial charge on any atom is -0.545 e. The number of carbonyl (C=O) groups excluding carboxylic acids is 6. The Morgan fingerprint density at radius 3 is 1.62 bits per heavy atom. The van der Waals surface area contributed by atoms with E-state index in [0.29, 0.717) is 6.08 Å². The third kappa shape index (κ3) is 10.9. The van der Waals surface area contributed by atoms with Crippen molar-refractivity contribution >= 4 is 48.2 Å². The van der Waals surface area contributed by atoms with Gasteiger partial charge in [0, 0.05) is 11.6 Å². The van der Waals surface area contributed by atoms with Gasteiger partial charge in [0.1, 0.15) is 6.10 Å². The van der Waals surface area contributed by atoms with Crippen molar-refractivity contribution in [3.8, 4) is 23.0 Å². The van der Waals surface area contributed by atoms with Crippen LogP contribution < -0.4 is 24.1 Å². The second kappa shape index (κ2) is 17.2. The van der Waals surface area contributed by atoms with Gasteiger partial charge in [-0.3, -0.25) is 0 Å². The van der Waals surface area contributed by atoms with Crippen LogP contribution in [0.4, 0.5) is 19.2 Å². The van der Waals surface area contributed by atoms with Crippen molar-refractivity contribution in [2.24, 2.45) is 0 Å². The molecule has 16 nitrogen and oxygen atoms in total. The van der Waals surface area contributed by atoms with Crippen LogP contribution in [-0.4, -0.2) is 71.1 Å². The smallest absolute Gasteiger partial charge is 0.513 e. The van der Waals surface area contributed by atoms with Gasteiger partial charge in [-0.05, 0) is 54.0 Å². The molecule has 0 bridgehead atoms. The molecule has 2 rings (SSSR count). The van der Waals surface area contributed by atoms with E-state index in [1.54, 1.807) is 6.92 Å². The second-order valence-electron chi connectivity index (χ2n) is 8.18. The number of benzene rings is 2. The maximum absolute atomic E-state index is 12.8. The number of esters is 1. The lowest BCUT2D eigenvalue weighted by molar-refractivity contribution is -0.297. The van der Waals surface area contributed by atoms with E-state index in [1.165, 1.54) is 36.4 Å². The van der Waals surface area contributed by atoms with Crippen LogP contribution in [0.2, 0.25) is 0 Å². The minimum atomic E-state index is -1.63. The Balaban J connectivity index is 2.39. The molecule has 0 aliphatic carbocycles. The van der Waals surface area contributed by atoms with E-state index in [2.05, 4.69) is 18.9 Å². The van der Waals surface area contributed by atoms with Crippen LogP contribution in [0.1, 0.15) is 24.5 Å². The van der Waals surface area contributed by atoms with E-state index < -0.39 is 42.7 Å². The minimum absolute atomic E-state index is 0.0724. The molecule has 0 aromatic heterocycles. The first-order chi connectivity index (χ1) is 21.4. The summed E-state index contributed by atoms with van der Waals surface area (Å²) in [5, 5.41) is 11.6. The number of methoxy groups -OCH3 is 4.